The summed E-state index contributed by atoms with van der Waals surface area (Å²) in [5, 5.41) is 8.15. The molecule has 2 aromatic heterocycles. The van der Waals surface area contributed by atoms with E-state index < -0.39 is 10.0 Å². The molecule has 8 rings (SSSR count). The molecule has 8 heteroatoms. The fourth-order valence-corrected chi connectivity index (χ4v) is 8.95. The fourth-order valence-electron chi connectivity index (χ4n) is 7.43. The van der Waals surface area contributed by atoms with Crippen molar-refractivity contribution in [1.82, 2.24) is 14.6 Å². The van der Waals surface area contributed by atoms with Crippen LogP contribution in [0.5, 0.6) is 5.75 Å². The molecule has 2 atom stereocenters. The average molecular weight is 471 g/mol. The van der Waals surface area contributed by atoms with E-state index in [0.717, 1.165) is 62.2 Å². The summed E-state index contributed by atoms with van der Waals surface area (Å²) in [6.07, 6.45) is 16.4. The Balaban J connectivity index is 1.16. The lowest BCUT2D eigenvalue weighted by Crippen LogP contribution is -2.38. The third kappa shape index (κ3) is 3.63. The van der Waals surface area contributed by atoms with Gasteiger partial charge in [0.25, 0.3) is 0 Å². The molecule has 2 unspecified atom stereocenters. The first-order valence-electron chi connectivity index (χ1n) is 13.0. The van der Waals surface area contributed by atoms with Gasteiger partial charge in [0.1, 0.15) is 5.75 Å². The summed E-state index contributed by atoms with van der Waals surface area (Å²) in [6, 6.07) is 1.98. The zero-order valence-corrected chi connectivity index (χ0v) is 20.0. The Hall–Kier alpha value is -1.83. The van der Waals surface area contributed by atoms with E-state index in [2.05, 4.69) is 14.9 Å². The molecule has 2 aromatic rings. The first kappa shape index (κ1) is 20.5. The van der Waals surface area contributed by atoms with Crippen molar-refractivity contribution in [1.29, 1.82) is 0 Å². The molecule has 6 fully saturated rings. The monoisotopic (exact) mass is 470 g/mol. The number of nitrogens with zero attached hydrogens (tertiary/aromatic N) is 3. The molecule has 0 amide bonds. The highest BCUT2D eigenvalue weighted by Gasteiger charge is 2.48. The topological polar surface area (TPSA) is 85.6 Å². The molecule has 0 saturated heterocycles. The van der Waals surface area contributed by atoms with Crippen molar-refractivity contribution in [2.75, 3.05) is 11.3 Å². The Morgan fingerprint density at radius 1 is 1.03 bits per heavy atom. The predicted octanol–water partition coefficient (Wildman–Crippen LogP) is 4.89. The van der Waals surface area contributed by atoms with Crippen LogP contribution in [0.3, 0.4) is 0 Å². The molecule has 0 aliphatic heterocycles. The van der Waals surface area contributed by atoms with Crippen LogP contribution in [0.1, 0.15) is 88.5 Å². The molecule has 4 bridgehead atoms. The Labute approximate surface area is 195 Å². The van der Waals surface area contributed by atoms with Crippen molar-refractivity contribution in [2.45, 2.75) is 88.2 Å². The van der Waals surface area contributed by atoms with Crippen molar-refractivity contribution in [2.24, 2.45) is 23.2 Å². The molecule has 2 heterocycles. The third-order valence-electron chi connectivity index (χ3n) is 9.34. The minimum absolute atomic E-state index is 0.294. The molecular formula is C25H34N4O3S. The number of hydrogen-bond donors (Lipinski definition) is 1. The summed E-state index contributed by atoms with van der Waals surface area (Å²) in [5.41, 5.74) is 2.15. The maximum atomic E-state index is 12.6. The number of nitrogens with one attached hydrogen (secondary N) is 1. The van der Waals surface area contributed by atoms with Crippen LogP contribution in [0, 0.1) is 23.2 Å². The van der Waals surface area contributed by atoms with E-state index in [1.807, 2.05) is 12.3 Å². The molecule has 6 saturated carbocycles. The number of ether oxygens (including phenoxy) is 1. The van der Waals surface area contributed by atoms with Crippen LogP contribution in [0.25, 0.3) is 5.65 Å². The van der Waals surface area contributed by atoms with E-state index in [9.17, 15) is 8.42 Å². The maximum Gasteiger partial charge on any atom is 0.242 e. The largest absolute Gasteiger partial charge is 0.493 e. The lowest BCUT2D eigenvalue weighted by molar-refractivity contribution is 0.0272. The van der Waals surface area contributed by atoms with Gasteiger partial charge in [0.05, 0.1) is 11.9 Å². The second-order valence-corrected chi connectivity index (χ2v) is 13.8. The molecule has 0 spiro atoms. The van der Waals surface area contributed by atoms with E-state index >= 15 is 0 Å². The quantitative estimate of drug-likeness (QED) is 0.623. The van der Waals surface area contributed by atoms with Gasteiger partial charge in [-0.05, 0) is 94.3 Å². The zero-order valence-electron chi connectivity index (χ0n) is 19.2. The second kappa shape index (κ2) is 7.33. The highest BCUT2D eigenvalue weighted by Crippen LogP contribution is 2.57. The van der Waals surface area contributed by atoms with E-state index in [1.165, 1.54) is 50.5 Å². The summed E-state index contributed by atoms with van der Waals surface area (Å²) >= 11 is 0. The van der Waals surface area contributed by atoms with Gasteiger partial charge < -0.3 is 4.74 Å². The highest BCUT2D eigenvalue weighted by molar-refractivity contribution is 7.93. The number of rotatable bonds is 7. The second-order valence-electron chi connectivity index (χ2n) is 11.9. The number of aromatic nitrogens is 3. The normalized spacial score (nSPS) is 33.8. The van der Waals surface area contributed by atoms with E-state index in [1.54, 1.807) is 4.40 Å². The maximum absolute atomic E-state index is 12.6. The molecule has 6 aliphatic rings. The minimum Gasteiger partial charge on any atom is -0.493 e. The first-order valence-corrected chi connectivity index (χ1v) is 14.5. The third-order valence-corrected chi connectivity index (χ3v) is 11.2. The Morgan fingerprint density at radius 3 is 2.48 bits per heavy atom. The summed E-state index contributed by atoms with van der Waals surface area (Å²) in [7, 11) is -3.41. The van der Waals surface area contributed by atoms with Gasteiger partial charge in [-0.2, -0.15) is 0 Å². The van der Waals surface area contributed by atoms with Crippen molar-refractivity contribution in [3.05, 3.63) is 17.8 Å². The van der Waals surface area contributed by atoms with Crippen LogP contribution in [-0.4, -0.2) is 34.9 Å². The lowest BCUT2D eigenvalue weighted by Gasteiger charge is -2.45. The van der Waals surface area contributed by atoms with Crippen molar-refractivity contribution in [3.8, 4) is 5.75 Å². The van der Waals surface area contributed by atoms with Gasteiger partial charge in [0.2, 0.25) is 16.0 Å². The van der Waals surface area contributed by atoms with Crippen LogP contribution in [0.4, 0.5) is 5.95 Å². The Kier molecular flexibility index (Phi) is 4.56. The number of fused-ring (bicyclic) bond motifs is 2. The smallest absolute Gasteiger partial charge is 0.242 e. The molecular weight excluding hydrogens is 436 g/mol. The SMILES string of the molecule is O=S(=O)(Nc1nnc2cc(OCC34CCC5CC(CC(C5)C3)C4)c(C3CC3)cn12)C1CCC1. The summed E-state index contributed by atoms with van der Waals surface area (Å²) in [5.74, 6) is 4.47. The van der Waals surface area contributed by atoms with Crippen molar-refractivity contribution in [3.63, 3.8) is 0 Å². The van der Waals surface area contributed by atoms with Gasteiger partial charge >= 0.3 is 0 Å². The Bertz CT molecular complexity index is 1170. The van der Waals surface area contributed by atoms with Crippen LogP contribution in [-0.2, 0) is 10.0 Å². The van der Waals surface area contributed by atoms with Gasteiger partial charge in [-0.25, -0.2) is 8.42 Å². The molecule has 178 valence electrons. The molecule has 6 aliphatic carbocycles. The van der Waals surface area contributed by atoms with E-state index in [4.69, 9.17) is 4.74 Å². The number of sulfonamides is 1. The summed E-state index contributed by atoms with van der Waals surface area (Å²) in [6.45, 7) is 0.803. The predicted molar refractivity (Wildman–Crippen MR) is 126 cm³/mol. The van der Waals surface area contributed by atoms with Gasteiger partial charge in [0.15, 0.2) is 5.65 Å². The molecule has 0 radical (unpaired) electrons. The van der Waals surface area contributed by atoms with Gasteiger partial charge in [-0.15, -0.1) is 10.2 Å². The number of pyridine rings is 1. The Morgan fingerprint density at radius 2 is 1.79 bits per heavy atom. The molecule has 7 nitrogen and oxygen atoms in total. The summed E-state index contributed by atoms with van der Waals surface area (Å²) in [4.78, 5) is 0. The lowest BCUT2D eigenvalue weighted by atomic mass is 9.62. The standard InChI is InChI=1S/C25H34N4O3S/c30-33(31,20-2-1-3-20)28-24-27-26-23-11-22(21(14-29(23)24)19-4-5-19)32-15-25-7-6-16-8-17(12-25)10-18(9-16)13-25/h11,14,16-20H,1-10,12-13,15H2,(H,27,28). The van der Waals surface area contributed by atoms with Crippen molar-refractivity contribution >= 4 is 21.6 Å². The number of anilines is 1. The highest BCUT2D eigenvalue weighted by atomic mass is 32.2. The molecule has 1 N–H and O–H groups in total. The minimum atomic E-state index is -3.41. The van der Waals surface area contributed by atoms with Crippen LogP contribution in [0.15, 0.2) is 12.3 Å². The van der Waals surface area contributed by atoms with E-state index in [-0.39, 0.29) is 5.25 Å². The van der Waals surface area contributed by atoms with Gasteiger partial charge in [-0.3, -0.25) is 9.12 Å². The van der Waals surface area contributed by atoms with E-state index in [0.29, 0.717) is 22.9 Å². The number of hydrogen-bond acceptors (Lipinski definition) is 5. The first-order chi connectivity index (χ1) is 16.0. The molecule has 0 aromatic carbocycles. The fraction of sp³-hybridized carbons (Fsp3) is 0.760. The average Bonchev–Trinajstić information content (AvgIpc) is 3.53. The van der Waals surface area contributed by atoms with Crippen LogP contribution in [0.2, 0.25) is 0 Å². The summed E-state index contributed by atoms with van der Waals surface area (Å²) < 4.78 is 36.4. The van der Waals surface area contributed by atoms with Gasteiger partial charge in [0, 0.05) is 23.2 Å². The zero-order chi connectivity index (χ0) is 22.2. The van der Waals surface area contributed by atoms with Gasteiger partial charge in [-0.1, -0.05) is 6.42 Å². The van der Waals surface area contributed by atoms with Crippen molar-refractivity contribution < 1.29 is 13.2 Å². The van der Waals surface area contributed by atoms with Crippen LogP contribution >= 0.6 is 0 Å². The molecule has 33 heavy (non-hydrogen) atoms. The van der Waals surface area contributed by atoms with Crippen LogP contribution < -0.4 is 9.46 Å².